The van der Waals surface area contributed by atoms with Crippen molar-refractivity contribution in [1.29, 1.82) is 0 Å². The Kier molecular flexibility index (Phi) is 6.61. The van der Waals surface area contributed by atoms with Crippen LogP contribution in [0.4, 0.5) is 0 Å². The summed E-state index contributed by atoms with van der Waals surface area (Å²) in [7, 11) is 0. The van der Waals surface area contributed by atoms with Gasteiger partial charge in [-0.05, 0) is 44.1 Å². The zero-order chi connectivity index (χ0) is 14.4. The molecule has 3 nitrogen and oxygen atoms in total. The van der Waals surface area contributed by atoms with Gasteiger partial charge in [-0.15, -0.1) is 10.2 Å². The number of benzene rings is 1. The summed E-state index contributed by atoms with van der Waals surface area (Å²) >= 11 is 8.68. The van der Waals surface area contributed by atoms with Crippen LogP contribution >= 0.6 is 43.2 Å². The molecule has 1 heterocycles. The quantitative estimate of drug-likeness (QED) is 0.664. The molecule has 1 aromatic heterocycles. The summed E-state index contributed by atoms with van der Waals surface area (Å²) in [6.07, 6.45) is 3.28. The fraction of sp³-hybridized carbons (Fsp3) is 0.429. The van der Waals surface area contributed by atoms with Gasteiger partial charge in [-0.3, -0.25) is 0 Å². The van der Waals surface area contributed by atoms with Crippen LogP contribution < -0.4 is 5.32 Å². The van der Waals surface area contributed by atoms with Crippen molar-refractivity contribution in [2.24, 2.45) is 0 Å². The first-order valence-electron chi connectivity index (χ1n) is 6.68. The highest BCUT2D eigenvalue weighted by Crippen LogP contribution is 2.29. The van der Waals surface area contributed by atoms with Gasteiger partial charge in [0.1, 0.15) is 10.0 Å². The van der Waals surface area contributed by atoms with Gasteiger partial charge >= 0.3 is 0 Å². The standard InChI is InChI=1S/C14H17Br2N3S/c1-2-5-17-6-3-4-13-18-19-14(20-13)10-7-11(15)9-12(16)8-10/h7-9,17H,2-6H2,1H3. The van der Waals surface area contributed by atoms with Crippen LogP contribution in [0.1, 0.15) is 24.8 Å². The molecule has 0 aliphatic rings. The van der Waals surface area contributed by atoms with E-state index in [4.69, 9.17) is 0 Å². The first-order chi connectivity index (χ1) is 9.69. The van der Waals surface area contributed by atoms with Crippen LogP contribution in [0.15, 0.2) is 27.1 Å². The second-order valence-electron chi connectivity index (χ2n) is 4.51. The molecular weight excluding hydrogens is 402 g/mol. The lowest BCUT2D eigenvalue weighted by molar-refractivity contribution is 0.637. The maximum Gasteiger partial charge on any atom is 0.147 e. The van der Waals surface area contributed by atoms with E-state index in [1.54, 1.807) is 11.3 Å². The van der Waals surface area contributed by atoms with Gasteiger partial charge in [0.2, 0.25) is 0 Å². The van der Waals surface area contributed by atoms with Gasteiger partial charge in [-0.25, -0.2) is 0 Å². The lowest BCUT2D eigenvalue weighted by Gasteiger charge is -2.00. The Labute approximate surface area is 140 Å². The molecule has 6 heteroatoms. The molecule has 0 amide bonds. The molecule has 0 aliphatic heterocycles. The minimum atomic E-state index is 0.975. The molecule has 0 aliphatic carbocycles. The number of hydrogen-bond acceptors (Lipinski definition) is 4. The summed E-state index contributed by atoms with van der Waals surface area (Å²) in [5, 5.41) is 14.1. The smallest absolute Gasteiger partial charge is 0.147 e. The number of halogens is 2. The zero-order valence-corrected chi connectivity index (χ0v) is 15.3. The van der Waals surface area contributed by atoms with Gasteiger partial charge < -0.3 is 5.32 Å². The highest BCUT2D eigenvalue weighted by Gasteiger charge is 2.08. The van der Waals surface area contributed by atoms with Crippen LogP contribution in [-0.4, -0.2) is 23.3 Å². The summed E-state index contributed by atoms with van der Waals surface area (Å²) in [5.41, 5.74) is 1.10. The second-order valence-corrected chi connectivity index (χ2v) is 7.41. The Bertz CT molecular complexity index is 537. The predicted octanol–water partition coefficient (Wildman–Crippen LogP) is 4.66. The van der Waals surface area contributed by atoms with Gasteiger partial charge in [0.25, 0.3) is 0 Å². The molecule has 20 heavy (non-hydrogen) atoms. The third-order valence-corrected chi connectivity index (χ3v) is 4.70. The summed E-state index contributed by atoms with van der Waals surface area (Å²) in [6, 6.07) is 6.15. The number of aromatic nitrogens is 2. The fourth-order valence-corrected chi connectivity index (χ4v) is 3.98. The lowest BCUT2D eigenvalue weighted by atomic mass is 10.2. The highest BCUT2D eigenvalue weighted by molar-refractivity contribution is 9.11. The highest BCUT2D eigenvalue weighted by atomic mass is 79.9. The Morgan fingerprint density at radius 1 is 1.10 bits per heavy atom. The van der Waals surface area contributed by atoms with Gasteiger partial charge in [0.15, 0.2) is 0 Å². The van der Waals surface area contributed by atoms with E-state index in [0.717, 1.165) is 50.5 Å². The minimum Gasteiger partial charge on any atom is -0.317 e. The van der Waals surface area contributed by atoms with E-state index < -0.39 is 0 Å². The van der Waals surface area contributed by atoms with Crippen molar-refractivity contribution in [3.05, 3.63) is 32.2 Å². The molecule has 0 atom stereocenters. The summed E-state index contributed by atoms with van der Waals surface area (Å²) in [4.78, 5) is 0. The first-order valence-corrected chi connectivity index (χ1v) is 9.09. The van der Waals surface area contributed by atoms with Gasteiger partial charge in [-0.1, -0.05) is 50.1 Å². The number of rotatable bonds is 7. The van der Waals surface area contributed by atoms with E-state index in [0.29, 0.717) is 0 Å². The molecule has 2 aromatic rings. The molecule has 0 saturated carbocycles. The fourth-order valence-electron chi connectivity index (χ4n) is 1.81. The average Bonchev–Trinajstić information content (AvgIpc) is 2.86. The van der Waals surface area contributed by atoms with Crippen LogP contribution in [0, 0.1) is 0 Å². The molecule has 108 valence electrons. The summed E-state index contributed by atoms with van der Waals surface area (Å²) in [6.45, 7) is 4.32. The third kappa shape index (κ3) is 4.91. The number of aryl methyl sites for hydroxylation is 1. The zero-order valence-electron chi connectivity index (χ0n) is 11.3. The largest absolute Gasteiger partial charge is 0.317 e. The van der Waals surface area contributed by atoms with Gasteiger partial charge in [0, 0.05) is 20.9 Å². The summed E-state index contributed by atoms with van der Waals surface area (Å²) < 4.78 is 2.09. The van der Waals surface area contributed by atoms with E-state index >= 15 is 0 Å². The Morgan fingerprint density at radius 3 is 2.55 bits per heavy atom. The molecule has 0 bridgehead atoms. The van der Waals surface area contributed by atoms with E-state index in [-0.39, 0.29) is 0 Å². The molecule has 0 fully saturated rings. The second kappa shape index (κ2) is 8.22. The van der Waals surface area contributed by atoms with Crippen molar-refractivity contribution in [3.8, 4) is 10.6 Å². The van der Waals surface area contributed by atoms with E-state index in [9.17, 15) is 0 Å². The molecule has 0 spiro atoms. The molecule has 0 unspecified atom stereocenters. The van der Waals surface area contributed by atoms with Crippen molar-refractivity contribution in [2.75, 3.05) is 13.1 Å². The Balaban J connectivity index is 1.94. The average molecular weight is 419 g/mol. The number of nitrogens with one attached hydrogen (secondary N) is 1. The van der Waals surface area contributed by atoms with Crippen LogP contribution in [0.3, 0.4) is 0 Å². The van der Waals surface area contributed by atoms with E-state index in [1.165, 1.54) is 6.42 Å². The topological polar surface area (TPSA) is 37.8 Å². The monoisotopic (exact) mass is 417 g/mol. The predicted molar refractivity (Wildman–Crippen MR) is 92.2 cm³/mol. The van der Waals surface area contributed by atoms with Crippen LogP contribution in [0.25, 0.3) is 10.6 Å². The summed E-state index contributed by atoms with van der Waals surface area (Å²) in [5.74, 6) is 0. The van der Waals surface area contributed by atoms with Crippen molar-refractivity contribution >= 4 is 43.2 Å². The van der Waals surface area contributed by atoms with Crippen molar-refractivity contribution in [1.82, 2.24) is 15.5 Å². The van der Waals surface area contributed by atoms with E-state index in [2.05, 4.69) is 66.4 Å². The van der Waals surface area contributed by atoms with Crippen molar-refractivity contribution in [3.63, 3.8) is 0 Å². The molecule has 0 saturated heterocycles. The van der Waals surface area contributed by atoms with Gasteiger partial charge in [0.05, 0.1) is 0 Å². The first kappa shape index (κ1) is 16.1. The molecule has 2 rings (SSSR count). The Morgan fingerprint density at radius 2 is 1.85 bits per heavy atom. The van der Waals surface area contributed by atoms with Crippen LogP contribution in [0.5, 0.6) is 0 Å². The van der Waals surface area contributed by atoms with Crippen molar-refractivity contribution in [2.45, 2.75) is 26.2 Å². The van der Waals surface area contributed by atoms with Gasteiger partial charge in [-0.2, -0.15) is 0 Å². The SMILES string of the molecule is CCCNCCCc1nnc(-c2cc(Br)cc(Br)c2)s1. The third-order valence-electron chi connectivity index (χ3n) is 2.75. The number of hydrogen-bond donors (Lipinski definition) is 1. The lowest BCUT2D eigenvalue weighted by Crippen LogP contribution is -2.16. The van der Waals surface area contributed by atoms with Crippen LogP contribution in [0.2, 0.25) is 0 Å². The van der Waals surface area contributed by atoms with Crippen molar-refractivity contribution < 1.29 is 0 Å². The maximum atomic E-state index is 4.29. The molecule has 1 aromatic carbocycles. The molecular formula is C14H17Br2N3S. The molecule has 1 N–H and O–H groups in total. The maximum absolute atomic E-state index is 4.29. The molecule has 0 radical (unpaired) electrons. The van der Waals surface area contributed by atoms with E-state index in [1.807, 2.05) is 6.07 Å². The normalized spacial score (nSPS) is 10.9. The minimum absolute atomic E-state index is 0.975. The Hall–Kier alpha value is -0.300. The number of nitrogens with zero attached hydrogens (tertiary/aromatic N) is 2. The van der Waals surface area contributed by atoms with Crippen LogP contribution in [-0.2, 0) is 6.42 Å².